The molecule has 0 saturated carbocycles. The van der Waals surface area contributed by atoms with Gasteiger partial charge >= 0.3 is 0 Å². The van der Waals surface area contributed by atoms with Crippen molar-refractivity contribution in [3.05, 3.63) is 23.8 Å². The highest BCUT2D eigenvalue weighted by molar-refractivity contribution is 5.44. The number of hydrogen-bond donors (Lipinski definition) is 1. The van der Waals surface area contributed by atoms with E-state index in [1.54, 1.807) is 0 Å². The highest BCUT2D eigenvalue weighted by Gasteiger charge is 2.38. The number of benzene rings is 1. The summed E-state index contributed by atoms with van der Waals surface area (Å²) < 4.78 is 22.9. The van der Waals surface area contributed by atoms with E-state index in [2.05, 4.69) is 0 Å². The van der Waals surface area contributed by atoms with E-state index in [9.17, 15) is 0 Å². The van der Waals surface area contributed by atoms with Crippen LogP contribution in [0.4, 0.5) is 0 Å². The fourth-order valence-electron chi connectivity index (χ4n) is 2.50. The van der Waals surface area contributed by atoms with Gasteiger partial charge in [-0.2, -0.15) is 0 Å². The quantitative estimate of drug-likeness (QED) is 0.895. The van der Waals surface area contributed by atoms with E-state index in [-0.39, 0.29) is 0 Å². The Labute approximate surface area is 112 Å². The lowest BCUT2D eigenvalue weighted by Gasteiger charge is -2.28. The first-order valence-electron chi connectivity index (χ1n) is 6.72. The van der Waals surface area contributed by atoms with Gasteiger partial charge in [-0.05, 0) is 24.7 Å². The third-order valence-electron chi connectivity index (χ3n) is 3.41. The normalized spacial score (nSPS) is 21.1. The van der Waals surface area contributed by atoms with Gasteiger partial charge in [-0.25, -0.2) is 0 Å². The summed E-state index contributed by atoms with van der Waals surface area (Å²) in [5.41, 5.74) is 6.62. The van der Waals surface area contributed by atoms with Gasteiger partial charge < -0.3 is 24.7 Å². The van der Waals surface area contributed by atoms with Gasteiger partial charge in [0.15, 0.2) is 17.3 Å². The van der Waals surface area contributed by atoms with E-state index in [4.69, 9.17) is 24.7 Å². The average Bonchev–Trinajstić information content (AvgIpc) is 2.78. The second-order valence-corrected chi connectivity index (χ2v) is 4.70. The molecule has 0 radical (unpaired) electrons. The summed E-state index contributed by atoms with van der Waals surface area (Å²) in [4.78, 5) is 0. The van der Waals surface area contributed by atoms with Crippen LogP contribution in [0.1, 0.15) is 18.4 Å². The van der Waals surface area contributed by atoms with E-state index >= 15 is 0 Å². The van der Waals surface area contributed by atoms with Gasteiger partial charge in [-0.3, -0.25) is 0 Å². The van der Waals surface area contributed by atoms with Gasteiger partial charge in [-0.1, -0.05) is 0 Å². The molecule has 0 unspecified atom stereocenters. The molecule has 2 aliphatic heterocycles. The first-order valence-corrected chi connectivity index (χ1v) is 6.72. The lowest BCUT2D eigenvalue weighted by atomic mass is 10.0. The number of rotatable bonds is 3. The van der Waals surface area contributed by atoms with Gasteiger partial charge in [0.1, 0.15) is 0 Å². The van der Waals surface area contributed by atoms with E-state index < -0.39 is 5.79 Å². The predicted molar refractivity (Wildman–Crippen MR) is 69.3 cm³/mol. The molecular formula is C14H19NO4. The van der Waals surface area contributed by atoms with Gasteiger partial charge in [0, 0.05) is 18.4 Å². The van der Waals surface area contributed by atoms with Crippen LogP contribution in [0.15, 0.2) is 18.2 Å². The zero-order valence-corrected chi connectivity index (χ0v) is 10.9. The zero-order chi connectivity index (χ0) is 13.1. The maximum atomic E-state index is 5.79. The molecule has 0 spiro atoms. The van der Waals surface area contributed by atoms with Crippen molar-refractivity contribution in [2.75, 3.05) is 33.0 Å². The van der Waals surface area contributed by atoms with Gasteiger partial charge in [0.25, 0.3) is 0 Å². The molecule has 0 amide bonds. The van der Waals surface area contributed by atoms with Crippen molar-refractivity contribution in [1.82, 2.24) is 0 Å². The molecule has 5 heteroatoms. The molecule has 1 saturated heterocycles. The van der Waals surface area contributed by atoms with Crippen LogP contribution < -0.4 is 15.2 Å². The molecule has 0 aliphatic carbocycles. The minimum Gasteiger partial charge on any atom is -0.490 e. The van der Waals surface area contributed by atoms with Gasteiger partial charge in [-0.15, -0.1) is 0 Å². The molecule has 1 fully saturated rings. The predicted octanol–water partition coefficient (Wildman–Crippen LogP) is 1.40. The topological polar surface area (TPSA) is 62.9 Å². The Balaban J connectivity index is 1.93. The van der Waals surface area contributed by atoms with Crippen LogP contribution in [0.25, 0.3) is 0 Å². The Kier molecular flexibility index (Phi) is 3.59. The Hall–Kier alpha value is -1.30. The molecule has 1 aromatic rings. The molecule has 2 heterocycles. The standard InChI is InChI=1S/C14H19NO4/c15-5-4-14(18-8-9-19-14)11-2-3-12-13(10-11)17-7-1-6-16-12/h2-3,10H,1,4-9,15H2. The van der Waals surface area contributed by atoms with Crippen LogP contribution in [0.5, 0.6) is 11.5 Å². The van der Waals surface area contributed by atoms with Gasteiger partial charge in [0.05, 0.1) is 26.4 Å². The maximum absolute atomic E-state index is 5.79. The van der Waals surface area contributed by atoms with Crippen LogP contribution in [0, 0.1) is 0 Å². The fourth-order valence-corrected chi connectivity index (χ4v) is 2.50. The number of hydrogen-bond acceptors (Lipinski definition) is 5. The molecule has 5 nitrogen and oxygen atoms in total. The van der Waals surface area contributed by atoms with Crippen molar-refractivity contribution >= 4 is 0 Å². The van der Waals surface area contributed by atoms with Crippen molar-refractivity contribution in [3.8, 4) is 11.5 Å². The van der Waals surface area contributed by atoms with Crippen molar-refractivity contribution in [2.24, 2.45) is 5.73 Å². The molecule has 104 valence electrons. The third kappa shape index (κ3) is 2.41. The molecule has 0 bridgehead atoms. The first-order chi connectivity index (χ1) is 9.34. The van der Waals surface area contributed by atoms with Crippen LogP contribution in [-0.2, 0) is 15.3 Å². The van der Waals surface area contributed by atoms with Crippen LogP contribution in [0.3, 0.4) is 0 Å². The number of nitrogens with two attached hydrogens (primary N) is 1. The second-order valence-electron chi connectivity index (χ2n) is 4.70. The number of fused-ring (bicyclic) bond motifs is 1. The molecule has 19 heavy (non-hydrogen) atoms. The molecule has 1 aromatic carbocycles. The number of ether oxygens (including phenoxy) is 4. The summed E-state index contributed by atoms with van der Waals surface area (Å²) in [6.07, 6.45) is 1.53. The lowest BCUT2D eigenvalue weighted by Crippen LogP contribution is -2.30. The van der Waals surface area contributed by atoms with Crippen molar-refractivity contribution in [2.45, 2.75) is 18.6 Å². The highest BCUT2D eigenvalue weighted by Crippen LogP contribution is 2.39. The minimum absolute atomic E-state index is 0.508. The molecule has 0 aromatic heterocycles. The molecule has 2 N–H and O–H groups in total. The van der Waals surface area contributed by atoms with Crippen molar-refractivity contribution < 1.29 is 18.9 Å². The highest BCUT2D eigenvalue weighted by atomic mass is 16.7. The van der Waals surface area contributed by atoms with Crippen LogP contribution in [-0.4, -0.2) is 33.0 Å². The second kappa shape index (κ2) is 5.36. The Bertz CT molecular complexity index is 443. The van der Waals surface area contributed by atoms with Gasteiger partial charge in [0.2, 0.25) is 0 Å². The maximum Gasteiger partial charge on any atom is 0.196 e. The summed E-state index contributed by atoms with van der Waals surface area (Å²) in [7, 11) is 0. The first kappa shape index (κ1) is 12.7. The lowest BCUT2D eigenvalue weighted by molar-refractivity contribution is -0.168. The molecule has 0 atom stereocenters. The van der Waals surface area contributed by atoms with Crippen LogP contribution >= 0.6 is 0 Å². The Morgan fingerprint density at radius 1 is 1.00 bits per heavy atom. The SMILES string of the molecule is NCCC1(c2ccc3c(c2)OCCCO3)OCCO1. The fraction of sp³-hybridized carbons (Fsp3) is 0.571. The van der Waals surface area contributed by atoms with E-state index in [0.717, 1.165) is 23.5 Å². The smallest absolute Gasteiger partial charge is 0.196 e. The summed E-state index contributed by atoms with van der Waals surface area (Å²) in [6.45, 7) is 3.05. The molecule has 3 rings (SSSR count). The van der Waals surface area contributed by atoms with Crippen molar-refractivity contribution in [1.29, 1.82) is 0 Å². The summed E-state index contributed by atoms with van der Waals surface area (Å²) in [6, 6.07) is 5.83. The molecular weight excluding hydrogens is 246 g/mol. The van der Waals surface area contributed by atoms with E-state index in [0.29, 0.717) is 39.4 Å². The van der Waals surface area contributed by atoms with E-state index in [1.807, 2.05) is 18.2 Å². The summed E-state index contributed by atoms with van der Waals surface area (Å²) >= 11 is 0. The largest absolute Gasteiger partial charge is 0.490 e. The Morgan fingerprint density at radius 3 is 2.47 bits per heavy atom. The van der Waals surface area contributed by atoms with Crippen molar-refractivity contribution in [3.63, 3.8) is 0 Å². The Morgan fingerprint density at radius 2 is 1.74 bits per heavy atom. The minimum atomic E-state index is -0.723. The third-order valence-corrected chi connectivity index (χ3v) is 3.41. The molecule has 2 aliphatic rings. The van der Waals surface area contributed by atoms with Crippen LogP contribution in [0.2, 0.25) is 0 Å². The monoisotopic (exact) mass is 265 g/mol. The zero-order valence-electron chi connectivity index (χ0n) is 10.9. The summed E-state index contributed by atoms with van der Waals surface area (Å²) in [5, 5.41) is 0. The average molecular weight is 265 g/mol. The van der Waals surface area contributed by atoms with E-state index in [1.165, 1.54) is 0 Å². The summed E-state index contributed by atoms with van der Waals surface area (Å²) in [5.74, 6) is 0.812.